The largest absolute Gasteiger partial charge is 0.415 e. The molecule has 29 heavy (non-hydrogen) atoms. The maximum Gasteiger partial charge on any atom is 0.415 e. The molecule has 9 nitrogen and oxygen atoms in total. The van der Waals surface area contributed by atoms with Gasteiger partial charge in [-0.05, 0) is 24.6 Å². The van der Waals surface area contributed by atoms with Crippen molar-refractivity contribution in [3.05, 3.63) is 63.7 Å². The predicted octanol–water partition coefficient (Wildman–Crippen LogP) is 3.99. The van der Waals surface area contributed by atoms with Crippen LogP contribution >= 0.6 is 11.6 Å². The Balaban J connectivity index is 1.57. The summed E-state index contributed by atoms with van der Waals surface area (Å²) < 4.78 is 5.34. The number of urea groups is 1. The Kier molecular flexibility index (Phi) is 6.50. The molecule has 152 valence electrons. The highest BCUT2D eigenvalue weighted by atomic mass is 35.5. The van der Waals surface area contributed by atoms with Crippen molar-refractivity contribution >= 4 is 35.1 Å². The number of nitro benzene ring substituents is 1. The average Bonchev–Trinajstić information content (AvgIpc) is 2.96. The van der Waals surface area contributed by atoms with E-state index in [1.54, 1.807) is 34.1 Å². The van der Waals surface area contributed by atoms with Gasteiger partial charge in [0.15, 0.2) is 0 Å². The fourth-order valence-corrected chi connectivity index (χ4v) is 3.09. The number of halogens is 1. The van der Waals surface area contributed by atoms with Crippen LogP contribution in [-0.2, 0) is 0 Å². The highest BCUT2D eigenvalue weighted by molar-refractivity contribution is 6.33. The second-order valence-corrected chi connectivity index (χ2v) is 6.77. The van der Waals surface area contributed by atoms with E-state index in [9.17, 15) is 19.7 Å². The fourth-order valence-electron chi connectivity index (χ4n) is 2.87. The number of non-ortho nitro benzene ring substituents is 1. The van der Waals surface area contributed by atoms with Gasteiger partial charge in [0, 0.05) is 38.3 Å². The summed E-state index contributed by atoms with van der Waals surface area (Å²) in [6.45, 7) is 1.56. The molecule has 1 aliphatic heterocycles. The molecule has 1 saturated heterocycles. The third-order valence-corrected chi connectivity index (χ3v) is 4.71. The number of hydrogen-bond acceptors (Lipinski definition) is 5. The minimum Gasteiger partial charge on any atom is -0.410 e. The number of rotatable bonds is 3. The Hall–Kier alpha value is -3.33. The molecule has 0 aliphatic carbocycles. The molecule has 0 radical (unpaired) electrons. The molecule has 0 spiro atoms. The third-order valence-electron chi connectivity index (χ3n) is 4.39. The lowest BCUT2D eigenvalue weighted by Gasteiger charge is -2.22. The number of nitro groups is 1. The van der Waals surface area contributed by atoms with E-state index in [4.69, 9.17) is 16.3 Å². The second kappa shape index (κ2) is 9.24. The van der Waals surface area contributed by atoms with E-state index in [0.29, 0.717) is 38.3 Å². The molecule has 3 amide bonds. The number of nitrogens with zero attached hydrogens (tertiary/aromatic N) is 3. The maximum atomic E-state index is 12.5. The lowest BCUT2D eigenvalue weighted by atomic mass is 10.3. The molecular formula is C19H19ClN4O5. The summed E-state index contributed by atoms with van der Waals surface area (Å²) in [4.78, 5) is 38.2. The van der Waals surface area contributed by atoms with E-state index in [0.717, 1.165) is 0 Å². The van der Waals surface area contributed by atoms with Gasteiger partial charge in [0.25, 0.3) is 5.69 Å². The first-order chi connectivity index (χ1) is 13.9. The number of para-hydroxylation sites is 1. The van der Waals surface area contributed by atoms with Crippen molar-refractivity contribution in [2.45, 2.75) is 6.42 Å². The zero-order valence-electron chi connectivity index (χ0n) is 15.4. The van der Waals surface area contributed by atoms with Crippen molar-refractivity contribution in [2.24, 2.45) is 0 Å². The monoisotopic (exact) mass is 418 g/mol. The van der Waals surface area contributed by atoms with Crippen molar-refractivity contribution in [1.82, 2.24) is 9.80 Å². The van der Waals surface area contributed by atoms with Crippen LogP contribution in [-0.4, -0.2) is 53.0 Å². The van der Waals surface area contributed by atoms with Crippen molar-refractivity contribution < 1.29 is 19.2 Å². The Morgan fingerprint density at radius 1 is 1.03 bits per heavy atom. The first-order valence-electron chi connectivity index (χ1n) is 8.96. The molecule has 0 unspecified atom stereocenters. The number of nitrogens with one attached hydrogen (secondary N) is 1. The molecule has 2 aromatic rings. The molecule has 0 bridgehead atoms. The van der Waals surface area contributed by atoms with Gasteiger partial charge < -0.3 is 19.9 Å². The Morgan fingerprint density at radius 2 is 1.72 bits per heavy atom. The normalized spacial score (nSPS) is 14.1. The van der Waals surface area contributed by atoms with Gasteiger partial charge in [-0.3, -0.25) is 10.1 Å². The van der Waals surface area contributed by atoms with Crippen LogP contribution in [0, 0.1) is 10.1 Å². The lowest BCUT2D eigenvalue weighted by Crippen LogP contribution is -2.40. The molecule has 1 fully saturated rings. The first kappa shape index (κ1) is 20.4. The average molecular weight is 419 g/mol. The van der Waals surface area contributed by atoms with Crippen LogP contribution in [0.1, 0.15) is 6.42 Å². The van der Waals surface area contributed by atoms with Gasteiger partial charge >= 0.3 is 12.1 Å². The minimum atomic E-state index is -0.560. The summed E-state index contributed by atoms with van der Waals surface area (Å²) in [6, 6.07) is 12.2. The van der Waals surface area contributed by atoms with Crippen molar-refractivity contribution in [3.63, 3.8) is 0 Å². The molecule has 3 rings (SSSR count). The minimum absolute atomic E-state index is 0.0791. The Labute approximate surface area is 171 Å². The van der Waals surface area contributed by atoms with Crippen molar-refractivity contribution in [2.75, 3.05) is 31.5 Å². The summed E-state index contributed by atoms with van der Waals surface area (Å²) in [5.74, 6) is 0.462. The fraction of sp³-hybridized carbons (Fsp3) is 0.263. The van der Waals surface area contributed by atoms with Gasteiger partial charge in [-0.15, -0.1) is 0 Å². The molecule has 1 N–H and O–H groups in total. The maximum absolute atomic E-state index is 12.5. The first-order valence-corrected chi connectivity index (χ1v) is 9.33. The molecule has 10 heteroatoms. The van der Waals surface area contributed by atoms with Gasteiger partial charge in [0.2, 0.25) is 0 Å². The zero-order valence-corrected chi connectivity index (χ0v) is 16.2. The van der Waals surface area contributed by atoms with Crippen LogP contribution in [0.2, 0.25) is 5.02 Å². The second-order valence-electron chi connectivity index (χ2n) is 6.36. The zero-order chi connectivity index (χ0) is 20.8. The van der Waals surface area contributed by atoms with Crippen LogP contribution in [0.15, 0.2) is 48.5 Å². The highest BCUT2D eigenvalue weighted by Crippen LogP contribution is 2.27. The molecule has 2 aromatic carbocycles. The van der Waals surface area contributed by atoms with Crippen LogP contribution < -0.4 is 10.1 Å². The topological polar surface area (TPSA) is 105 Å². The van der Waals surface area contributed by atoms with E-state index in [1.165, 1.54) is 18.2 Å². The van der Waals surface area contributed by atoms with E-state index in [1.807, 2.05) is 6.07 Å². The number of benzene rings is 2. The smallest absolute Gasteiger partial charge is 0.410 e. The van der Waals surface area contributed by atoms with Gasteiger partial charge in [-0.2, -0.15) is 0 Å². The number of amides is 3. The molecule has 1 aliphatic rings. The van der Waals surface area contributed by atoms with Crippen LogP contribution in [0.4, 0.5) is 21.0 Å². The van der Waals surface area contributed by atoms with E-state index in [-0.39, 0.29) is 22.4 Å². The van der Waals surface area contributed by atoms with E-state index < -0.39 is 11.0 Å². The molecule has 0 aromatic heterocycles. The third kappa shape index (κ3) is 5.35. The van der Waals surface area contributed by atoms with Gasteiger partial charge in [-0.1, -0.05) is 29.8 Å². The van der Waals surface area contributed by atoms with Crippen molar-refractivity contribution in [3.8, 4) is 5.75 Å². The molecule has 0 saturated carbocycles. The molecule has 0 atom stereocenters. The molecule has 1 heterocycles. The molecular weight excluding hydrogens is 400 g/mol. The summed E-state index contributed by atoms with van der Waals surface area (Å²) in [5, 5.41) is 13.5. The predicted molar refractivity (Wildman–Crippen MR) is 107 cm³/mol. The number of carbonyl (C=O) groups is 2. The number of carbonyl (C=O) groups excluding carboxylic acids is 2. The lowest BCUT2D eigenvalue weighted by molar-refractivity contribution is -0.384. The number of ether oxygens (including phenoxy) is 1. The van der Waals surface area contributed by atoms with Crippen LogP contribution in [0.25, 0.3) is 0 Å². The highest BCUT2D eigenvalue weighted by Gasteiger charge is 2.24. The Morgan fingerprint density at radius 3 is 2.41 bits per heavy atom. The van der Waals surface area contributed by atoms with E-state index in [2.05, 4.69) is 5.32 Å². The quantitative estimate of drug-likeness (QED) is 0.599. The standard InChI is InChI=1S/C19H19ClN4O5/c20-16-13-14(24(27)28)7-8-17(16)21-18(25)22-9-4-10-23(12-11-22)19(26)29-15-5-2-1-3-6-15/h1-3,5-8,13H,4,9-12H2,(H,21,25). The SMILES string of the molecule is O=C(Nc1ccc([N+](=O)[O-])cc1Cl)N1CCCN(C(=O)Oc2ccccc2)CC1. The van der Waals surface area contributed by atoms with Crippen molar-refractivity contribution in [1.29, 1.82) is 0 Å². The summed E-state index contributed by atoms with van der Waals surface area (Å²) >= 11 is 6.02. The summed E-state index contributed by atoms with van der Waals surface area (Å²) in [6.07, 6.45) is 0.127. The van der Waals surface area contributed by atoms with Gasteiger partial charge in [0.1, 0.15) is 5.75 Å². The van der Waals surface area contributed by atoms with E-state index >= 15 is 0 Å². The number of anilines is 1. The van der Waals surface area contributed by atoms with Gasteiger partial charge in [0.05, 0.1) is 15.6 Å². The Bertz CT molecular complexity index is 909. The van der Waals surface area contributed by atoms with Crippen LogP contribution in [0.3, 0.4) is 0 Å². The van der Waals surface area contributed by atoms with Crippen LogP contribution in [0.5, 0.6) is 5.75 Å². The summed E-state index contributed by atoms with van der Waals surface area (Å²) in [5.41, 5.74) is 0.127. The summed E-state index contributed by atoms with van der Waals surface area (Å²) in [7, 11) is 0. The number of hydrogen-bond donors (Lipinski definition) is 1. The van der Waals surface area contributed by atoms with Gasteiger partial charge in [-0.25, -0.2) is 9.59 Å².